The number of nitrogens with one attached hydrogen (secondary N) is 2. The Hall–Kier alpha value is -2.38. The zero-order valence-electron chi connectivity index (χ0n) is 17.8. The molecule has 4 rings (SSSR count). The molecule has 9 nitrogen and oxygen atoms in total. The van der Waals surface area contributed by atoms with Crippen molar-refractivity contribution in [1.29, 1.82) is 0 Å². The Morgan fingerprint density at radius 3 is 2.78 bits per heavy atom. The molecule has 12 heteroatoms. The van der Waals surface area contributed by atoms with Gasteiger partial charge in [-0.3, -0.25) is 4.99 Å². The van der Waals surface area contributed by atoms with Gasteiger partial charge in [-0.2, -0.15) is 8.78 Å². The van der Waals surface area contributed by atoms with Crippen LogP contribution in [0.15, 0.2) is 17.1 Å². The van der Waals surface area contributed by atoms with Crippen LogP contribution in [0.3, 0.4) is 0 Å². The number of hydrogen-bond acceptors (Lipinski definition) is 6. The Kier molecular flexibility index (Phi) is 8.70. The number of fused-ring (bicyclic) bond motifs is 2. The Labute approximate surface area is 201 Å². The zero-order chi connectivity index (χ0) is 21.6. The molecule has 0 spiro atoms. The number of benzene rings is 1. The van der Waals surface area contributed by atoms with Crippen molar-refractivity contribution in [1.82, 2.24) is 25.4 Å². The van der Waals surface area contributed by atoms with E-state index in [1.54, 1.807) is 13.1 Å². The van der Waals surface area contributed by atoms with Gasteiger partial charge in [-0.1, -0.05) is 6.42 Å². The van der Waals surface area contributed by atoms with Gasteiger partial charge < -0.3 is 29.4 Å². The van der Waals surface area contributed by atoms with Crippen LogP contribution in [0.2, 0.25) is 0 Å². The third kappa shape index (κ3) is 5.90. The molecule has 0 saturated carbocycles. The van der Waals surface area contributed by atoms with Crippen LogP contribution >= 0.6 is 24.0 Å². The molecule has 0 atom stereocenters. The van der Waals surface area contributed by atoms with Crippen LogP contribution in [0.4, 0.5) is 8.78 Å². The molecule has 2 aromatic rings. The zero-order valence-corrected chi connectivity index (χ0v) is 20.1. The third-order valence-electron chi connectivity index (χ3n) is 5.27. The molecule has 2 N–H and O–H groups in total. The van der Waals surface area contributed by atoms with Crippen molar-refractivity contribution in [3.63, 3.8) is 0 Å². The van der Waals surface area contributed by atoms with Crippen LogP contribution < -0.4 is 24.8 Å². The van der Waals surface area contributed by atoms with Crippen LogP contribution in [0, 0.1) is 0 Å². The summed E-state index contributed by atoms with van der Waals surface area (Å²) in [7, 11) is 1.65. The summed E-state index contributed by atoms with van der Waals surface area (Å²) < 4.78 is 43.0. The summed E-state index contributed by atoms with van der Waals surface area (Å²) in [5, 5.41) is 15.0. The fraction of sp³-hybridized carbons (Fsp3) is 0.550. The second kappa shape index (κ2) is 11.5. The summed E-state index contributed by atoms with van der Waals surface area (Å²) >= 11 is 0. The molecule has 1 aromatic carbocycles. The van der Waals surface area contributed by atoms with Crippen LogP contribution in [-0.2, 0) is 25.9 Å². The topological polar surface area (TPSA) is 94.8 Å². The third-order valence-corrected chi connectivity index (χ3v) is 5.27. The van der Waals surface area contributed by atoms with E-state index in [2.05, 4.69) is 35.1 Å². The number of nitrogens with zero attached hydrogens (tertiary/aromatic N) is 4. The number of ether oxygens (including phenoxy) is 3. The van der Waals surface area contributed by atoms with Gasteiger partial charge in [-0.25, -0.2) is 0 Å². The number of rotatable bonds is 7. The highest BCUT2D eigenvalue weighted by atomic mass is 127. The maximum atomic E-state index is 12.8. The van der Waals surface area contributed by atoms with Crippen molar-refractivity contribution in [2.24, 2.45) is 4.99 Å². The molecule has 176 valence electrons. The van der Waals surface area contributed by atoms with E-state index in [1.165, 1.54) is 12.5 Å². The van der Waals surface area contributed by atoms with Gasteiger partial charge >= 0.3 is 6.61 Å². The minimum Gasteiger partial charge on any atom is -0.454 e. The fourth-order valence-electron chi connectivity index (χ4n) is 3.73. The molecule has 0 radical (unpaired) electrons. The number of guanidine groups is 1. The molecule has 0 unspecified atom stereocenters. The molecule has 3 heterocycles. The summed E-state index contributed by atoms with van der Waals surface area (Å²) in [6.45, 7) is -1.09. The number of aryl methyl sites for hydroxylation is 1. The van der Waals surface area contributed by atoms with E-state index in [4.69, 9.17) is 9.47 Å². The normalized spacial score (nSPS) is 15.1. The van der Waals surface area contributed by atoms with Crippen LogP contribution in [0.25, 0.3) is 0 Å². The minimum atomic E-state index is -2.94. The predicted octanol–water partition coefficient (Wildman–Crippen LogP) is 2.86. The summed E-state index contributed by atoms with van der Waals surface area (Å²) in [4.78, 5) is 4.19. The van der Waals surface area contributed by atoms with Gasteiger partial charge in [-0.15, -0.1) is 34.2 Å². The number of halogens is 3. The number of alkyl halides is 2. The lowest BCUT2D eigenvalue weighted by Crippen LogP contribution is -2.38. The van der Waals surface area contributed by atoms with Gasteiger partial charge in [0.05, 0.1) is 0 Å². The van der Waals surface area contributed by atoms with Crippen molar-refractivity contribution in [3.05, 3.63) is 29.3 Å². The lowest BCUT2D eigenvalue weighted by molar-refractivity contribution is -0.0505. The average molecular weight is 564 g/mol. The van der Waals surface area contributed by atoms with E-state index < -0.39 is 6.61 Å². The second-order valence-electron chi connectivity index (χ2n) is 7.29. The van der Waals surface area contributed by atoms with E-state index in [1.807, 2.05) is 0 Å². The first-order valence-electron chi connectivity index (χ1n) is 10.4. The van der Waals surface area contributed by atoms with Gasteiger partial charge in [0.15, 0.2) is 17.5 Å². The molecular weight excluding hydrogens is 537 g/mol. The summed E-state index contributed by atoms with van der Waals surface area (Å²) in [6, 6.07) is 3.05. The fourth-order valence-corrected chi connectivity index (χ4v) is 3.73. The molecule has 0 bridgehead atoms. The Balaban J connectivity index is 0.00000289. The molecule has 2 aliphatic rings. The maximum Gasteiger partial charge on any atom is 0.387 e. The Bertz CT molecular complexity index is 940. The largest absolute Gasteiger partial charge is 0.454 e. The lowest BCUT2D eigenvalue weighted by atomic mass is 10.1. The van der Waals surface area contributed by atoms with Gasteiger partial charge in [-0.05, 0) is 18.9 Å². The summed E-state index contributed by atoms with van der Waals surface area (Å²) in [6.07, 6.45) is 5.20. The molecule has 2 aliphatic heterocycles. The van der Waals surface area contributed by atoms with Gasteiger partial charge in [0.2, 0.25) is 6.79 Å². The molecule has 0 amide bonds. The SMILES string of the molecule is CN=C(NCCc1nnc2n1CCCCC2)NCc1cc2c(cc1OC(F)F)OCO2.I. The second-order valence-corrected chi connectivity index (χ2v) is 7.29. The Morgan fingerprint density at radius 2 is 2.00 bits per heavy atom. The first-order chi connectivity index (χ1) is 15.1. The smallest absolute Gasteiger partial charge is 0.387 e. The van der Waals surface area contributed by atoms with E-state index in [0.717, 1.165) is 37.5 Å². The van der Waals surface area contributed by atoms with Crippen LogP contribution in [-0.4, -0.2) is 47.7 Å². The van der Waals surface area contributed by atoms with E-state index in [9.17, 15) is 8.78 Å². The van der Waals surface area contributed by atoms with E-state index >= 15 is 0 Å². The van der Waals surface area contributed by atoms with E-state index in [0.29, 0.717) is 36.0 Å². The summed E-state index contributed by atoms with van der Waals surface area (Å²) in [5.41, 5.74) is 0.510. The molecule has 0 fully saturated rings. The van der Waals surface area contributed by atoms with Gasteiger partial charge in [0, 0.05) is 51.2 Å². The lowest BCUT2D eigenvalue weighted by Gasteiger charge is -2.15. The monoisotopic (exact) mass is 564 g/mol. The molecule has 32 heavy (non-hydrogen) atoms. The molecular formula is C20H27F2IN6O3. The summed E-state index contributed by atoms with van der Waals surface area (Å²) in [5.74, 6) is 3.47. The van der Waals surface area contributed by atoms with Crippen molar-refractivity contribution in [2.45, 2.75) is 51.8 Å². The standard InChI is InChI=1S/C20H26F2N6O3.HI/c1-23-20(24-7-6-18-27-26-17-5-3-2-4-8-28(17)18)25-11-13-9-15-16(30-12-29-15)10-14(13)31-19(21)22;/h9-10,19H,2-8,11-12H2,1H3,(H2,23,24,25);1H. The van der Waals surface area contributed by atoms with Crippen molar-refractivity contribution < 1.29 is 23.0 Å². The van der Waals surface area contributed by atoms with Crippen molar-refractivity contribution in [2.75, 3.05) is 20.4 Å². The van der Waals surface area contributed by atoms with Crippen molar-refractivity contribution >= 4 is 29.9 Å². The molecule has 0 aliphatic carbocycles. The van der Waals surface area contributed by atoms with E-state index in [-0.39, 0.29) is 43.1 Å². The van der Waals surface area contributed by atoms with Crippen molar-refractivity contribution in [3.8, 4) is 17.2 Å². The van der Waals surface area contributed by atoms with Crippen LogP contribution in [0.1, 0.15) is 36.5 Å². The Morgan fingerprint density at radius 1 is 1.19 bits per heavy atom. The number of hydrogen-bond donors (Lipinski definition) is 2. The molecule has 0 saturated heterocycles. The number of aliphatic imine (C=N–C) groups is 1. The van der Waals surface area contributed by atoms with Crippen LogP contribution in [0.5, 0.6) is 17.2 Å². The highest BCUT2D eigenvalue weighted by Crippen LogP contribution is 2.38. The van der Waals surface area contributed by atoms with Gasteiger partial charge in [0.1, 0.15) is 17.4 Å². The first kappa shape index (κ1) is 24.3. The van der Waals surface area contributed by atoms with Gasteiger partial charge in [0.25, 0.3) is 0 Å². The minimum absolute atomic E-state index is 0. The highest BCUT2D eigenvalue weighted by molar-refractivity contribution is 14.0. The molecule has 1 aromatic heterocycles. The number of aromatic nitrogens is 3. The quantitative estimate of drug-likeness (QED) is 0.304. The highest BCUT2D eigenvalue weighted by Gasteiger charge is 2.20. The predicted molar refractivity (Wildman–Crippen MR) is 124 cm³/mol. The average Bonchev–Trinajstić information content (AvgIpc) is 3.29. The maximum absolute atomic E-state index is 12.8. The first-order valence-corrected chi connectivity index (χ1v) is 10.4.